The van der Waals surface area contributed by atoms with Gasteiger partial charge in [0.2, 0.25) is 6.17 Å². The maximum atomic E-state index is 13.2. The van der Waals surface area contributed by atoms with E-state index in [1.807, 2.05) is 0 Å². The molecule has 1 unspecified atom stereocenters. The molecule has 3 nitrogen and oxygen atoms in total. The monoisotopic (exact) mass is 257 g/mol. The van der Waals surface area contributed by atoms with Crippen LogP contribution in [0.1, 0.15) is 23.0 Å². The van der Waals surface area contributed by atoms with Gasteiger partial charge in [-0.2, -0.15) is 13.2 Å². The Balaban J connectivity index is 2.82. The second-order valence-corrected chi connectivity index (χ2v) is 3.74. The lowest BCUT2D eigenvalue weighted by Gasteiger charge is -2.04. The van der Waals surface area contributed by atoms with E-state index in [1.54, 1.807) is 0 Å². The van der Waals surface area contributed by atoms with Crippen molar-refractivity contribution in [3.05, 3.63) is 16.1 Å². The molecule has 0 aromatic carbocycles. The summed E-state index contributed by atoms with van der Waals surface area (Å²) in [5, 5.41) is -1.19. The number of hydrogen-bond acceptors (Lipinski definition) is 4. The molecule has 1 aromatic rings. The van der Waals surface area contributed by atoms with Gasteiger partial charge in [0.05, 0.1) is 11.5 Å². The molecule has 0 aliphatic heterocycles. The molecule has 0 amide bonds. The molecule has 0 radical (unpaired) electrons. The molecule has 8 heteroatoms. The van der Waals surface area contributed by atoms with Gasteiger partial charge in [0, 0.05) is 6.20 Å². The van der Waals surface area contributed by atoms with Gasteiger partial charge in [0.15, 0.2) is 5.01 Å². The number of rotatable bonds is 3. The van der Waals surface area contributed by atoms with E-state index < -0.39 is 28.2 Å². The van der Waals surface area contributed by atoms with E-state index in [0.717, 1.165) is 0 Å². The van der Waals surface area contributed by atoms with Crippen molar-refractivity contribution in [3.8, 4) is 0 Å². The number of carbonyl (C=O) groups excluding carboxylic acids is 1. The van der Waals surface area contributed by atoms with Crippen LogP contribution >= 0.6 is 11.3 Å². The van der Waals surface area contributed by atoms with Crippen molar-refractivity contribution < 1.29 is 27.1 Å². The van der Waals surface area contributed by atoms with Crippen LogP contribution in [0.5, 0.6) is 0 Å². The van der Waals surface area contributed by atoms with Gasteiger partial charge in [-0.3, -0.25) is 0 Å². The Morgan fingerprint density at radius 2 is 2.25 bits per heavy atom. The number of carbonyl (C=O) groups is 1. The molecule has 0 bridgehead atoms. The van der Waals surface area contributed by atoms with Crippen molar-refractivity contribution >= 4 is 17.3 Å². The molecule has 1 rings (SSSR count). The van der Waals surface area contributed by atoms with Crippen LogP contribution in [-0.4, -0.2) is 17.6 Å². The Morgan fingerprint density at radius 1 is 1.62 bits per heavy atom. The van der Waals surface area contributed by atoms with Crippen molar-refractivity contribution in [3.63, 3.8) is 0 Å². The zero-order chi connectivity index (χ0) is 12.3. The highest BCUT2D eigenvalue weighted by atomic mass is 32.1. The summed E-state index contributed by atoms with van der Waals surface area (Å²) < 4.78 is 54.0. The molecular weight excluding hydrogens is 250 g/mol. The summed E-state index contributed by atoms with van der Waals surface area (Å²) in [6.07, 6.45) is -6.15. The van der Waals surface area contributed by atoms with Gasteiger partial charge < -0.3 is 4.74 Å². The van der Waals surface area contributed by atoms with Crippen LogP contribution in [0.4, 0.5) is 17.6 Å². The quantitative estimate of drug-likeness (QED) is 0.617. The van der Waals surface area contributed by atoms with E-state index in [0.29, 0.717) is 6.20 Å². The summed E-state index contributed by atoms with van der Waals surface area (Å²) in [6.45, 7) is 1.43. The van der Waals surface area contributed by atoms with Crippen LogP contribution in [0.3, 0.4) is 0 Å². The molecule has 0 N–H and O–H groups in total. The van der Waals surface area contributed by atoms with E-state index in [2.05, 4.69) is 9.72 Å². The van der Waals surface area contributed by atoms with Gasteiger partial charge in [-0.05, 0) is 6.92 Å². The Bertz CT molecular complexity index is 376. The fraction of sp³-hybridized carbons (Fsp3) is 0.500. The largest absolute Gasteiger partial charge is 0.464 e. The fourth-order valence-corrected chi connectivity index (χ4v) is 1.62. The van der Waals surface area contributed by atoms with E-state index >= 15 is 0 Å². The second kappa shape index (κ2) is 4.77. The Labute approximate surface area is 92.1 Å². The van der Waals surface area contributed by atoms with Crippen LogP contribution in [0.2, 0.25) is 0 Å². The molecule has 0 aliphatic carbocycles. The number of hydrogen-bond donors (Lipinski definition) is 0. The first kappa shape index (κ1) is 12.9. The lowest BCUT2D eigenvalue weighted by Crippen LogP contribution is -2.10. The lowest BCUT2D eigenvalue weighted by atomic mass is 10.3. The van der Waals surface area contributed by atoms with Crippen LogP contribution < -0.4 is 0 Å². The minimum Gasteiger partial charge on any atom is -0.464 e. The van der Waals surface area contributed by atoms with E-state index in [9.17, 15) is 22.4 Å². The lowest BCUT2D eigenvalue weighted by molar-refractivity contribution is -0.149. The summed E-state index contributed by atoms with van der Waals surface area (Å²) >= 11 is 0.0902. The van der Waals surface area contributed by atoms with Gasteiger partial charge in [-0.1, -0.05) is 0 Å². The van der Waals surface area contributed by atoms with E-state index in [4.69, 9.17) is 0 Å². The summed E-state index contributed by atoms with van der Waals surface area (Å²) in [7, 11) is 0. The van der Waals surface area contributed by atoms with Crippen LogP contribution in [0.15, 0.2) is 6.20 Å². The third-order valence-corrected chi connectivity index (χ3v) is 2.59. The molecule has 0 saturated carbocycles. The first-order valence-electron chi connectivity index (χ1n) is 4.20. The van der Waals surface area contributed by atoms with Crippen molar-refractivity contribution in [1.82, 2.24) is 4.98 Å². The minimum absolute atomic E-state index is 0.0375. The molecule has 16 heavy (non-hydrogen) atoms. The van der Waals surface area contributed by atoms with Crippen molar-refractivity contribution in [2.45, 2.75) is 19.3 Å². The Kier molecular flexibility index (Phi) is 3.84. The normalized spacial score (nSPS) is 13.6. The van der Waals surface area contributed by atoms with Crippen molar-refractivity contribution in [2.75, 3.05) is 6.61 Å². The van der Waals surface area contributed by atoms with E-state index in [-0.39, 0.29) is 17.9 Å². The molecule has 1 aromatic heterocycles. The molecule has 0 fully saturated rings. The molecule has 1 heterocycles. The van der Waals surface area contributed by atoms with E-state index in [1.165, 1.54) is 6.92 Å². The zero-order valence-corrected chi connectivity index (χ0v) is 8.86. The van der Waals surface area contributed by atoms with Crippen LogP contribution in [0.25, 0.3) is 0 Å². The molecular formula is C8H7F4NO2S. The smallest absolute Gasteiger partial charge is 0.443 e. The molecule has 90 valence electrons. The molecule has 1 atom stereocenters. The highest BCUT2D eigenvalue weighted by Gasteiger charge is 2.36. The van der Waals surface area contributed by atoms with Crippen LogP contribution in [-0.2, 0) is 15.7 Å². The SMILES string of the molecule is CCOC(=O)C(F)c1cnc(C(F)(F)F)s1. The summed E-state index contributed by atoms with van der Waals surface area (Å²) in [4.78, 5) is 13.5. The molecule has 0 aliphatic rings. The fourth-order valence-electron chi connectivity index (χ4n) is 0.866. The first-order valence-corrected chi connectivity index (χ1v) is 5.01. The van der Waals surface area contributed by atoms with Gasteiger partial charge in [-0.15, -0.1) is 11.3 Å². The first-order chi connectivity index (χ1) is 7.36. The van der Waals surface area contributed by atoms with Crippen molar-refractivity contribution in [1.29, 1.82) is 0 Å². The maximum absolute atomic E-state index is 13.2. The van der Waals surface area contributed by atoms with Gasteiger partial charge in [0.25, 0.3) is 0 Å². The number of alkyl halides is 4. The predicted molar refractivity (Wildman–Crippen MR) is 47.6 cm³/mol. The Hall–Kier alpha value is -1.18. The number of aromatic nitrogens is 1. The minimum atomic E-state index is -4.63. The summed E-state index contributed by atoms with van der Waals surface area (Å²) in [5.41, 5.74) is 0. The number of esters is 1. The maximum Gasteiger partial charge on any atom is 0.443 e. The van der Waals surface area contributed by atoms with Gasteiger partial charge in [0.1, 0.15) is 0 Å². The standard InChI is InChI=1S/C8H7F4NO2S/c1-2-15-6(14)5(9)4-3-13-7(16-4)8(10,11)12/h3,5H,2H2,1H3. The topological polar surface area (TPSA) is 39.2 Å². The molecule has 0 saturated heterocycles. The average Bonchev–Trinajstić information content (AvgIpc) is 2.65. The number of ether oxygens (including phenoxy) is 1. The number of thiazole rings is 1. The average molecular weight is 257 g/mol. The van der Waals surface area contributed by atoms with Gasteiger partial charge in [-0.25, -0.2) is 14.2 Å². The third kappa shape index (κ3) is 2.91. The highest BCUT2D eigenvalue weighted by molar-refractivity contribution is 7.11. The summed E-state index contributed by atoms with van der Waals surface area (Å²) in [6, 6.07) is 0. The highest BCUT2D eigenvalue weighted by Crippen LogP contribution is 2.35. The van der Waals surface area contributed by atoms with Crippen LogP contribution in [0, 0.1) is 0 Å². The number of nitrogens with zero attached hydrogens (tertiary/aromatic N) is 1. The number of halogens is 4. The Morgan fingerprint density at radius 3 is 2.69 bits per heavy atom. The van der Waals surface area contributed by atoms with Crippen molar-refractivity contribution in [2.24, 2.45) is 0 Å². The second-order valence-electron chi connectivity index (χ2n) is 2.68. The third-order valence-electron chi connectivity index (χ3n) is 1.51. The molecule has 0 spiro atoms. The van der Waals surface area contributed by atoms with Gasteiger partial charge >= 0.3 is 12.1 Å². The predicted octanol–water partition coefficient (Wildman–Crippen LogP) is 2.74. The summed E-state index contributed by atoms with van der Waals surface area (Å²) in [5.74, 6) is -1.21. The zero-order valence-electron chi connectivity index (χ0n) is 8.05.